The van der Waals surface area contributed by atoms with Gasteiger partial charge >= 0.3 is 0 Å². The fourth-order valence-electron chi connectivity index (χ4n) is 4.13. The first-order valence-corrected chi connectivity index (χ1v) is 10.4. The molecule has 5 nitrogen and oxygen atoms in total. The van der Waals surface area contributed by atoms with Crippen molar-refractivity contribution in [1.29, 1.82) is 0 Å². The Bertz CT molecular complexity index is 689. The van der Waals surface area contributed by atoms with Gasteiger partial charge in [0.2, 0.25) is 0 Å². The predicted molar refractivity (Wildman–Crippen MR) is 111 cm³/mol. The van der Waals surface area contributed by atoms with Crippen LogP contribution in [0.25, 0.3) is 0 Å². The average molecular weight is 392 g/mol. The van der Waals surface area contributed by atoms with Gasteiger partial charge in [0.15, 0.2) is 11.5 Å². The van der Waals surface area contributed by atoms with E-state index >= 15 is 0 Å². The summed E-state index contributed by atoms with van der Waals surface area (Å²) in [6.45, 7) is 15.0. The zero-order valence-corrected chi connectivity index (χ0v) is 18.5. The van der Waals surface area contributed by atoms with Crippen molar-refractivity contribution in [1.82, 2.24) is 4.90 Å². The van der Waals surface area contributed by atoms with Gasteiger partial charge in [-0.25, -0.2) is 0 Å². The van der Waals surface area contributed by atoms with Crippen molar-refractivity contribution in [2.24, 2.45) is 5.41 Å². The van der Waals surface area contributed by atoms with Gasteiger partial charge in [-0.05, 0) is 62.3 Å². The van der Waals surface area contributed by atoms with Crippen molar-refractivity contribution >= 4 is 0 Å². The minimum Gasteiger partial charge on any atom is -0.493 e. The molecule has 3 unspecified atom stereocenters. The molecular formula is C23H37NO4. The summed E-state index contributed by atoms with van der Waals surface area (Å²) in [6.07, 6.45) is 1.04. The summed E-state index contributed by atoms with van der Waals surface area (Å²) in [5.74, 6) is 1.59. The van der Waals surface area contributed by atoms with Crippen LogP contribution in [0.15, 0.2) is 12.1 Å². The third-order valence-electron chi connectivity index (χ3n) is 5.37. The maximum Gasteiger partial charge on any atom is 0.161 e. The van der Waals surface area contributed by atoms with E-state index in [2.05, 4.69) is 37.8 Å². The van der Waals surface area contributed by atoms with Gasteiger partial charge in [-0.2, -0.15) is 0 Å². The minimum atomic E-state index is -0.464. The summed E-state index contributed by atoms with van der Waals surface area (Å²) in [5, 5.41) is 10.7. The zero-order valence-electron chi connectivity index (χ0n) is 18.5. The van der Waals surface area contributed by atoms with Crippen LogP contribution in [0.4, 0.5) is 0 Å². The lowest BCUT2D eigenvalue weighted by Crippen LogP contribution is -2.53. The number of benzene rings is 1. The fraction of sp³-hybridized carbons (Fsp3) is 0.739. The lowest BCUT2D eigenvalue weighted by molar-refractivity contribution is -0.149. The van der Waals surface area contributed by atoms with E-state index in [9.17, 15) is 5.11 Å². The summed E-state index contributed by atoms with van der Waals surface area (Å²) >= 11 is 0. The average Bonchev–Trinajstić information content (AvgIpc) is 2.58. The minimum absolute atomic E-state index is 0.0905. The van der Waals surface area contributed by atoms with Crippen LogP contribution in [0.3, 0.4) is 0 Å². The van der Waals surface area contributed by atoms with E-state index in [1.165, 1.54) is 11.1 Å². The maximum atomic E-state index is 10.7. The molecule has 0 amide bonds. The first-order chi connectivity index (χ1) is 13.0. The summed E-state index contributed by atoms with van der Waals surface area (Å²) in [4.78, 5) is 2.45. The molecule has 28 heavy (non-hydrogen) atoms. The summed E-state index contributed by atoms with van der Waals surface area (Å²) in [6, 6.07) is 4.45. The highest BCUT2D eigenvalue weighted by molar-refractivity contribution is 5.49. The second-order valence-electron chi connectivity index (χ2n) is 10.4. The Hall–Kier alpha value is -1.30. The summed E-state index contributed by atoms with van der Waals surface area (Å²) in [5.41, 5.74) is 2.38. The van der Waals surface area contributed by atoms with E-state index in [4.69, 9.17) is 14.2 Å². The number of aliphatic hydroxyl groups excluding tert-OH is 1. The Morgan fingerprint density at radius 2 is 1.82 bits per heavy atom. The van der Waals surface area contributed by atoms with E-state index in [1.807, 2.05) is 20.8 Å². The molecule has 3 rings (SSSR count). The van der Waals surface area contributed by atoms with Crippen LogP contribution in [0, 0.1) is 5.41 Å². The molecule has 2 heterocycles. The predicted octanol–water partition coefficient (Wildman–Crippen LogP) is 3.97. The molecule has 0 spiro atoms. The molecular weight excluding hydrogens is 354 g/mol. The molecule has 5 heteroatoms. The molecule has 1 aromatic rings. The van der Waals surface area contributed by atoms with Crippen LogP contribution < -0.4 is 9.47 Å². The molecule has 1 fully saturated rings. The summed E-state index contributed by atoms with van der Waals surface area (Å²) in [7, 11) is 1.69. The Morgan fingerprint density at radius 3 is 2.43 bits per heavy atom. The monoisotopic (exact) mass is 391 g/mol. The SMILES string of the molecule is COc1cc2c(cc1OCC(C)(C)C)CCN1CC(OC(C)(C)C)C(O)CC21. The van der Waals surface area contributed by atoms with Crippen LogP contribution in [0.1, 0.15) is 65.1 Å². The molecule has 1 saturated heterocycles. The van der Waals surface area contributed by atoms with Gasteiger partial charge < -0.3 is 19.3 Å². The van der Waals surface area contributed by atoms with Crippen LogP contribution in [0.2, 0.25) is 0 Å². The smallest absolute Gasteiger partial charge is 0.161 e. The standard InChI is InChI=1S/C23H37NO4/c1-22(2,3)14-27-20-10-15-8-9-24-13-21(28-23(4,5)6)18(25)12-17(24)16(15)11-19(20)26-7/h10-11,17-18,21,25H,8-9,12-14H2,1-7H3. The number of aliphatic hydroxyl groups is 1. The second-order valence-corrected chi connectivity index (χ2v) is 10.4. The summed E-state index contributed by atoms with van der Waals surface area (Å²) < 4.78 is 17.8. The molecule has 2 aliphatic rings. The highest BCUT2D eigenvalue weighted by Crippen LogP contribution is 2.42. The third kappa shape index (κ3) is 5.00. The number of nitrogens with zero attached hydrogens (tertiary/aromatic N) is 1. The number of ether oxygens (including phenoxy) is 3. The molecule has 0 aliphatic carbocycles. The van der Waals surface area contributed by atoms with E-state index < -0.39 is 6.10 Å². The quantitative estimate of drug-likeness (QED) is 0.842. The third-order valence-corrected chi connectivity index (χ3v) is 5.37. The number of rotatable bonds is 4. The van der Waals surface area contributed by atoms with Crippen molar-refractivity contribution in [3.63, 3.8) is 0 Å². The molecule has 158 valence electrons. The Morgan fingerprint density at radius 1 is 1.11 bits per heavy atom. The first kappa shape index (κ1) is 21.4. The van der Waals surface area contributed by atoms with E-state index in [0.717, 1.165) is 31.0 Å². The van der Waals surface area contributed by atoms with Gasteiger partial charge in [0.1, 0.15) is 0 Å². The van der Waals surface area contributed by atoms with Crippen LogP contribution >= 0.6 is 0 Å². The van der Waals surface area contributed by atoms with Crippen molar-refractivity contribution in [3.8, 4) is 11.5 Å². The van der Waals surface area contributed by atoms with Crippen molar-refractivity contribution in [2.45, 2.75) is 78.2 Å². The molecule has 2 aliphatic heterocycles. The van der Waals surface area contributed by atoms with E-state index in [-0.39, 0.29) is 23.2 Å². The Balaban J connectivity index is 1.82. The maximum absolute atomic E-state index is 10.7. The highest BCUT2D eigenvalue weighted by atomic mass is 16.5. The van der Waals surface area contributed by atoms with Crippen LogP contribution in [0.5, 0.6) is 11.5 Å². The van der Waals surface area contributed by atoms with E-state index in [1.54, 1.807) is 7.11 Å². The largest absolute Gasteiger partial charge is 0.493 e. The Kier molecular flexibility index (Phi) is 6.00. The van der Waals surface area contributed by atoms with Crippen molar-refractivity contribution in [3.05, 3.63) is 23.3 Å². The van der Waals surface area contributed by atoms with Gasteiger partial charge in [-0.15, -0.1) is 0 Å². The number of hydrogen-bond acceptors (Lipinski definition) is 5. The lowest BCUT2D eigenvalue weighted by Gasteiger charge is -2.46. The number of fused-ring (bicyclic) bond motifs is 3. The van der Waals surface area contributed by atoms with Crippen LogP contribution in [-0.4, -0.2) is 54.6 Å². The van der Waals surface area contributed by atoms with Gasteiger partial charge in [0.05, 0.1) is 31.5 Å². The number of methoxy groups -OCH3 is 1. The molecule has 3 atom stereocenters. The van der Waals surface area contributed by atoms with Gasteiger partial charge in [-0.1, -0.05) is 20.8 Å². The van der Waals surface area contributed by atoms with Crippen LogP contribution in [-0.2, 0) is 11.2 Å². The molecule has 0 bridgehead atoms. The first-order valence-electron chi connectivity index (χ1n) is 10.4. The van der Waals surface area contributed by atoms with Crippen molar-refractivity contribution < 1.29 is 19.3 Å². The van der Waals surface area contributed by atoms with Gasteiger partial charge in [0, 0.05) is 19.1 Å². The second kappa shape index (κ2) is 7.85. The molecule has 0 aromatic heterocycles. The van der Waals surface area contributed by atoms with Gasteiger partial charge in [0.25, 0.3) is 0 Å². The lowest BCUT2D eigenvalue weighted by atomic mass is 9.84. The number of piperidine rings is 1. The normalized spacial score (nSPS) is 25.8. The van der Waals surface area contributed by atoms with Crippen molar-refractivity contribution in [2.75, 3.05) is 26.8 Å². The van der Waals surface area contributed by atoms with Gasteiger partial charge in [-0.3, -0.25) is 4.90 Å². The molecule has 1 aromatic carbocycles. The number of hydrogen-bond donors (Lipinski definition) is 1. The molecule has 0 radical (unpaired) electrons. The zero-order chi connectivity index (χ0) is 20.7. The fourth-order valence-corrected chi connectivity index (χ4v) is 4.13. The Labute approximate surface area is 170 Å². The highest BCUT2D eigenvalue weighted by Gasteiger charge is 2.40. The molecule has 1 N–H and O–H groups in total. The molecule has 0 saturated carbocycles. The topological polar surface area (TPSA) is 51.2 Å². The van der Waals surface area contributed by atoms with E-state index in [0.29, 0.717) is 13.0 Å².